The summed E-state index contributed by atoms with van der Waals surface area (Å²) in [5.74, 6) is 0.795. The van der Waals surface area contributed by atoms with Gasteiger partial charge in [0.15, 0.2) is 5.75 Å². The number of hydrogen-bond acceptors (Lipinski definition) is 4. The van der Waals surface area contributed by atoms with Gasteiger partial charge in [0, 0.05) is 24.2 Å². The highest BCUT2D eigenvalue weighted by Gasteiger charge is 2.19. The van der Waals surface area contributed by atoms with E-state index in [2.05, 4.69) is 63.4 Å². The van der Waals surface area contributed by atoms with Gasteiger partial charge >= 0.3 is 0 Å². The van der Waals surface area contributed by atoms with E-state index in [1.807, 2.05) is 34.9 Å². The highest BCUT2D eigenvalue weighted by atomic mass is 16.5. The van der Waals surface area contributed by atoms with E-state index in [-0.39, 0.29) is 5.56 Å². The van der Waals surface area contributed by atoms with Crippen molar-refractivity contribution in [2.45, 2.75) is 92.2 Å². The van der Waals surface area contributed by atoms with Crippen LogP contribution in [0.1, 0.15) is 84.6 Å². The Labute approximate surface area is 240 Å². The average Bonchev–Trinajstić information content (AvgIpc) is 2.95. The van der Waals surface area contributed by atoms with E-state index in [1.54, 1.807) is 7.11 Å². The molecule has 0 bridgehead atoms. The maximum absolute atomic E-state index is 13.9. The molecule has 5 heteroatoms. The molecule has 3 rings (SSSR count). The van der Waals surface area contributed by atoms with Gasteiger partial charge in [-0.2, -0.15) is 0 Å². The first-order chi connectivity index (χ1) is 19.4. The van der Waals surface area contributed by atoms with Crippen LogP contribution in [0.25, 0.3) is 10.9 Å². The molecule has 5 nitrogen and oxygen atoms in total. The summed E-state index contributed by atoms with van der Waals surface area (Å²) in [6, 6.07) is 16.5. The molecule has 0 unspecified atom stereocenters. The molecule has 1 N–H and O–H groups in total. The number of methoxy groups -OCH3 is 1. The molecule has 216 valence electrons. The zero-order valence-electron chi connectivity index (χ0n) is 25.2. The van der Waals surface area contributed by atoms with E-state index in [1.165, 1.54) is 42.4 Å². The summed E-state index contributed by atoms with van der Waals surface area (Å²) < 4.78 is 13.8. The van der Waals surface area contributed by atoms with Crippen molar-refractivity contribution in [3.8, 4) is 11.5 Å². The van der Waals surface area contributed by atoms with Crippen molar-refractivity contribution in [2.24, 2.45) is 0 Å². The largest absolute Gasteiger partial charge is 0.492 e. The molecule has 0 aliphatic heterocycles. The molecule has 0 radical (unpaired) electrons. The van der Waals surface area contributed by atoms with Crippen LogP contribution in [0.5, 0.6) is 11.5 Å². The number of unbranched alkanes of at least 4 members (excludes halogenated alkanes) is 5. The summed E-state index contributed by atoms with van der Waals surface area (Å²) in [4.78, 5) is 13.9. The summed E-state index contributed by atoms with van der Waals surface area (Å²) >= 11 is 0. The van der Waals surface area contributed by atoms with Gasteiger partial charge in [0.2, 0.25) is 5.75 Å². The Bertz CT molecular complexity index is 1320. The summed E-state index contributed by atoms with van der Waals surface area (Å²) in [7, 11) is 1.61. The second-order valence-electron chi connectivity index (χ2n) is 10.8. The molecule has 0 amide bonds. The Morgan fingerprint density at radius 3 is 2.40 bits per heavy atom. The van der Waals surface area contributed by atoms with Crippen molar-refractivity contribution in [3.05, 3.63) is 87.7 Å². The van der Waals surface area contributed by atoms with E-state index < -0.39 is 0 Å². The summed E-state index contributed by atoms with van der Waals surface area (Å²) in [5.41, 5.74) is 5.49. The Morgan fingerprint density at radius 2 is 1.68 bits per heavy atom. The van der Waals surface area contributed by atoms with Crippen molar-refractivity contribution >= 4 is 16.6 Å². The van der Waals surface area contributed by atoms with Crippen molar-refractivity contribution in [1.82, 2.24) is 4.57 Å². The lowest BCUT2D eigenvalue weighted by atomic mass is 10.1. The average molecular weight is 545 g/mol. The van der Waals surface area contributed by atoms with E-state index in [0.717, 1.165) is 42.3 Å². The molecular weight excluding hydrogens is 496 g/mol. The topological polar surface area (TPSA) is 52.5 Å². The van der Waals surface area contributed by atoms with Crippen molar-refractivity contribution in [2.75, 3.05) is 19.0 Å². The molecule has 0 atom stereocenters. The zero-order valence-corrected chi connectivity index (χ0v) is 25.2. The summed E-state index contributed by atoms with van der Waals surface area (Å²) in [6.45, 7) is 10.3. The number of ether oxygens (including phenoxy) is 2. The fourth-order valence-electron chi connectivity index (χ4n) is 4.87. The van der Waals surface area contributed by atoms with Gasteiger partial charge in [0.1, 0.15) is 6.61 Å². The van der Waals surface area contributed by atoms with Crippen LogP contribution in [0.3, 0.4) is 0 Å². The van der Waals surface area contributed by atoms with Crippen LogP contribution < -0.4 is 20.3 Å². The molecule has 0 saturated carbocycles. The second kappa shape index (κ2) is 16.6. The lowest BCUT2D eigenvalue weighted by Gasteiger charge is -2.18. The maximum Gasteiger partial charge on any atom is 0.297 e. The monoisotopic (exact) mass is 544 g/mol. The van der Waals surface area contributed by atoms with Crippen molar-refractivity contribution in [1.29, 1.82) is 0 Å². The van der Waals surface area contributed by atoms with Crippen molar-refractivity contribution < 1.29 is 9.47 Å². The molecule has 1 aromatic heterocycles. The molecule has 0 aliphatic carbocycles. The number of benzene rings is 2. The molecule has 1 heterocycles. The van der Waals surface area contributed by atoms with E-state index >= 15 is 0 Å². The van der Waals surface area contributed by atoms with Gasteiger partial charge in [-0.3, -0.25) is 4.79 Å². The van der Waals surface area contributed by atoms with Gasteiger partial charge in [-0.05, 0) is 69.9 Å². The molecule has 40 heavy (non-hydrogen) atoms. The van der Waals surface area contributed by atoms with E-state index in [4.69, 9.17) is 9.47 Å². The van der Waals surface area contributed by atoms with Crippen LogP contribution in [0.2, 0.25) is 0 Å². The summed E-state index contributed by atoms with van der Waals surface area (Å²) in [5, 5.41) is 4.40. The minimum atomic E-state index is -0.131. The van der Waals surface area contributed by atoms with E-state index in [0.29, 0.717) is 31.2 Å². The molecule has 0 saturated heterocycles. The van der Waals surface area contributed by atoms with E-state index in [9.17, 15) is 4.79 Å². The Balaban J connectivity index is 1.89. The number of fused-ring (bicyclic) bond motifs is 1. The van der Waals surface area contributed by atoms with Crippen LogP contribution in [0.15, 0.2) is 76.6 Å². The SMILES string of the molecule is CCCCCCCCn1c(=O)c(OC/C=C(\C)CCC=C(C)C)c(OC)c2ccc(NCc3ccccc3)cc21. The quantitative estimate of drug-likeness (QED) is 0.136. The minimum absolute atomic E-state index is 0.131. The van der Waals surface area contributed by atoms with Crippen LogP contribution in [0.4, 0.5) is 5.69 Å². The van der Waals surface area contributed by atoms with Gasteiger partial charge in [-0.1, -0.05) is 86.6 Å². The predicted octanol–water partition coefficient (Wildman–Crippen LogP) is 9.05. The fraction of sp³-hybridized carbons (Fsp3) is 0.457. The number of aromatic nitrogens is 1. The fourth-order valence-corrected chi connectivity index (χ4v) is 4.87. The van der Waals surface area contributed by atoms with Crippen LogP contribution in [-0.4, -0.2) is 18.3 Å². The van der Waals surface area contributed by atoms with Gasteiger partial charge in [0.05, 0.1) is 12.6 Å². The van der Waals surface area contributed by atoms with Gasteiger partial charge in [-0.15, -0.1) is 0 Å². The highest BCUT2D eigenvalue weighted by Crippen LogP contribution is 2.34. The first-order valence-corrected chi connectivity index (χ1v) is 14.9. The van der Waals surface area contributed by atoms with Gasteiger partial charge in [-0.25, -0.2) is 0 Å². The van der Waals surface area contributed by atoms with Crippen molar-refractivity contribution in [3.63, 3.8) is 0 Å². The first kappa shape index (κ1) is 31.1. The molecule has 0 aliphatic rings. The molecule has 0 fully saturated rings. The maximum atomic E-state index is 13.9. The normalized spacial score (nSPS) is 11.5. The van der Waals surface area contributed by atoms with Crippen LogP contribution in [-0.2, 0) is 13.1 Å². The second-order valence-corrected chi connectivity index (χ2v) is 10.8. The summed E-state index contributed by atoms with van der Waals surface area (Å²) in [6.07, 6.45) is 13.3. The standard InChI is InChI=1S/C35H48N2O3/c1-6-7-8-9-10-14-23-37-32-25-30(36-26-29-18-12-11-13-19-29)20-21-31(32)33(39-5)34(35(37)38)40-24-22-28(4)17-15-16-27(2)3/h11-13,16,18-22,25,36H,6-10,14-15,17,23-24,26H2,1-5H3/b28-22+. The molecular formula is C35H48N2O3. The number of aryl methyl sites for hydroxylation is 1. The smallest absolute Gasteiger partial charge is 0.297 e. The first-order valence-electron chi connectivity index (χ1n) is 14.9. The van der Waals surface area contributed by atoms with Crippen LogP contribution >= 0.6 is 0 Å². The lowest BCUT2D eigenvalue weighted by Crippen LogP contribution is -2.24. The van der Waals surface area contributed by atoms with Gasteiger partial charge < -0.3 is 19.4 Å². The molecule has 0 spiro atoms. The Hall–Kier alpha value is -3.47. The zero-order chi connectivity index (χ0) is 28.7. The third-order valence-corrected chi connectivity index (χ3v) is 7.21. The van der Waals surface area contributed by atoms with Crippen LogP contribution in [0, 0.1) is 0 Å². The third-order valence-electron chi connectivity index (χ3n) is 7.21. The number of pyridine rings is 1. The molecule has 3 aromatic rings. The molecule has 2 aromatic carbocycles. The number of nitrogens with one attached hydrogen (secondary N) is 1. The number of rotatable bonds is 17. The minimum Gasteiger partial charge on any atom is -0.492 e. The third kappa shape index (κ3) is 9.32. The number of hydrogen-bond donors (Lipinski definition) is 1. The lowest BCUT2D eigenvalue weighted by molar-refractivity contribution is 0.320. The number of nitrogens with zero attached hydrogens (tertiary/aromatic N) is 1. The number of anilines is 1. The Morgan fingerprint density at radius 1 is 0.925 bits per heavy atom. The predicted molar refractivity (Wildman–Crippen MR) is 170 cm³/mol. The highest BCUT2D eigenvalue weighted by molar-refractivity contribution is 5.90. The number of allylic oxidation sites excluding steroid dienone is 3. The van der Waals surface area contributed by atoms with Gasteiger partial charge in [0.25, 0.3) is 5.56 Å². The Kier molecular flexibility index (Phi) is 12.9.